The maximum absolute atomic E-state index is 13.1. The van der Waals surface area contributed by atoms with Gasteiger partial charge in [-0.1, -0.05) is 18.2 Å². The van der Waals surface area contributed by atoms with E-state index < -0.39 is 29.3 Å². The van der Waals surface area contributed by atoms with Crippen LogP contribution in [0, 0.1) is 5.41 Å². The SMILES string of the molecule is COc1ccc(N2CCN3c4ccccc4CC4(C(=O)NC(=O)NC4=O)C3C2)cc1. The van der Waals surface area contributed by atoms with Crippen LogP contribution in [0.5, 0.6) is 5.75 Å². The summed E-state index contributed by atoms with van der Waals surface area (Å²) in [7, 11) is 1.62. The molecule has 0 saturated carbocycles. The minimum absolute atomic E-state index is 0.256. The highest BCUT2D eigenvalue weighted by atomic mass is 16.5. The molecule has 2 aromatic rings. The van der Waals surface area contributed by atoms with Gasteiger partial charge in [-0.3, -0.25) is 20.2 Å². The van der Waals surface area contributed by atoms with Crippen molar-refractivity contribution in [3.63, 3.8) is 0 Å². The zero-order valence-corrected chi connectivity index (χ0v) is 16.6. The van der Waals surface area contributed by atoms with E-state index in [4.69, 9.17) is 4.74 Å². The number of carbonyl (C=O) groups is 3. The molecule has 0 aliphatic carbocycles. The lowest BCUT2D eigenvalue weighted by atomic mass is 9.68. The molecule has 0 aromatic heterocycles. The lowest BCUT2D eigenvalue weighted by Gasteiger charge is -2.54. The highest BCUT2D eigenvalue weighted by Gasteiger charge is 2.60. The van der Waals surface area contributed by atoms with E-state index in [2.05, 4.69) is 20.4 Å². The first-order valence-electron chi connectivity index (χ1n) is 9.93. The number of para-hydroxylation sites is 1. The van der Waals surface area contributed by atoms with Crippen LogP contribution >= 0.6 is 0 Å². The number of benzene rings is 2. The third-order valence-corrected chi connectivity index (χ3v) is 6.42. The molecule has 0 bridgehead atoms. The zero-order valence-electron chi connectivity index (χ0n) is 16.6. The van der Waals surface area contributed by atoms with Crippen LogP contribution in [0.2, 0.25) is 0 Å². The minimum atomic E-state index is -1.37. The first-order valence-corrected chi connectivity index (χ1v) is 9.93. The smallest absolute Gasteiger partial charge is 0.328 e. The summed E-state index contributed by atoms with van der Waals surface area (Å²) in [5.41, 5.74) is 1.61. The Balaban J connectivity index is 1.57. The van der Waals surface area contributed by atoms with Crippen LogP contribution in [-0.4, -0.2) is 50.6 Å². The van der Waals surface area contributed by atoms with E-state index in [1.54, 1.807) is 7.11 Å². The van der Waals surface area contributed by atoms with Gasteiger partial charge in [0.25, 0.3) is 0 Å². The number of carbonyl (C=O) groups excluding carboxylic acids is 3. The molecule has 8 heteroatoms. The summed E-state index contributed by atoms with van der Waals surface area (Å²) in [5.74, 6) is -0.292. The molecule has 0 radical (unpaired) electrons. The normalized spacial score (nSPS) is 22.2. The number of imide groups is 2. The van der Waals surface area contributed by atoms with E-state index in [-0.39, 0.29) is 6.42 Å². The van der Waals surface area contributed by atoms with Crippen LogP contribution in [0.15, 0.2) is 48.5 Å². The number of piperazine rings is 1. The molecule has 4 amide bonds. The van der Waals surface area contributed by atoms with Crippen LogP contribution in [0.4, 0.5) is 16.2 Å². The molecule has 30 heavy (non-hydrogen) atoms. The van der Waals surface area contributed by atoms with Gasteiger partial charge in [0, 0.05) is 31.0 Å². The highest BCUT2D eigenvalue weighted by Crippen LogP contribution is 2.44. The zero-order chi connectivity index (χ0) is 20.9. The topological polar surface area (TPSA) is 91.0 Å². The lowest BCUT2D eigenvalue weighted by Crippen LogP contribution is -2.74. The first-order chi connectivity index (χ1) is 14.5. The van der Waals surface area contributed by atoms with E-state index in [1.165, 1.54) is 0 Å². The van der Waals surface area contributed by atoms with Gasteiger partial charge >= 0.3 is 6.03 Å². The maximum atomic E-state index is 13.1. The molecule has 3 aliphatic rings. The van der Waals surface area contributed by atoms with E-state index in [0.717, 1.165) is 29.2 Å². The molecule has 1 atom stereocenters. The third-order valence-electron chi connectivity index (χ3n) is 6.42. The van der Waals surface area contributed by atoms with Crippen LogP contribution in [0.1, 0.15) is 5.56 Å². The van der Waals surface area contributed by atoms with Crippen molar-refractivity contribution < 1.29 is 19.1 Å². The summed E-state index contributed by atoms with van der Waals surface area (Å²) in [5, 5.41) is 4.66. The summed E-state index contributed by atoms with van der Waals surface area (Å²) in [6.45, 7) is 1.88. The van der Waals surface area contributed by atoms with Gasteiger partial charge in [-0.05, 0) is 42.3 Å². The molecule has 5 rings (SSSR count). The number of ether oxygens (including phenoxy) is 1. The fourth-order valence-electron chi connectivity index (χ4n) is 4.91. The molecule has 3 heterocycles. The standard InChI is InChI=1S/C22H22N4O4/c1-30-16-8-6-15(7-9-16)25-10-11-26-17-5-3-2-4-14(17)12-22(18(26)13-25)19(27)23-21(29)24-20(22)28/h2-9,18H,10-13H2,1H3,(H2,23,24,27,28,29). The van der Waals surface area contributed by atoms with Gasteiger partial charge < -0.3 is 14.5 Å². The number of rotatable bonds is 2. The Morgan fingerprint density at radius 1 is 0.967 bits per heavy atom. The molecule has 2 saturated heterocycles. The molecule has 8 nitrogen and oxygen atoms in total. The monoisotopic (exact) mass is 406 g/mol. The molecule has 1 spiro atoms. The van der Waals surface area contributed by atoms with Gasteiger partial charge in [-0.2, -0.15) is 0 Å². The number of methoxy groups -OCH3 is 1. The number of hydrogen-bond donors (Lipinski definition) is 2. The number of urea groups is 1. The first kappa shape index (κ1) is 18.5. The number of nitrogens with one attached hydrogen (secondary N) is 2. The molecule has 3 aliphatic heterocycles. The lowest BCUT2D eigenvalue weighted by molar-refractivity contribution is -0.146. The number of nitrogens with zero attached hydrogens (tertiary/aromatic N) is 2. The van der Waals surface area contributed by atoms with Crippen molar-refractivity contribution in [2.75, 3.05) is 36.5 Å². The van der Waals surface area contributed by atoms with Crippen molar-refractivity contribution in [1.29, 1.82) is 0 Å². The average Bonchev–Trinajstić information content (AvgIpc) is 2.77. The van der Waals surface area contributed by atoms with Gasteiger partial charge in [0.2, 0.25) is 11.8 Å². The van der Waals surface area contributed by atoms with Crippen LogP contribution in [-0.2, 0) is 16.0 Å². The maximum Gasteiger partial charge on any atom is 0.328 e. The second kappa shape index (κ2) is 6.76. The predicted octanol–water partition coefficient (Wildman–Crippen LogP) is 1.30. The van der Waals surface area contributed by atoms with Crippen LogP contribution < -0.4 is 25.2 Å². The predicted molar refractivity (Wildman–Crippen MR) is 111 cm³/mol. The van der Waals surface area contributed by atoms with Gasteiger partial charge in [0.15, 0.2) is 5.41 Å². The molecule has 2 fully saturated rings. The number of fused-ring (bicyclic) bond motifs is 4. The minimum Gasteiger partial charge on any atom is -0.497 e. The molecule has 154 valence electrons. The van der Waals surface area contributed by atoms with Crippen LogP contribution in [0.25, 0.3) is 0 Å². The van der Waals surface area contributed by atoms with Gasteiger partial charge in [0.1, 0.15) is 5.75 Å². The number of hydrogen-bond acceptors (Lipinski definition) is 6. The molecular weight excluding hydrogens is 384 g/mol. The van der Waals surface area contributed by atoms with Gasteiger partial charge in [-0.25, -0.2) is 4.79 Å². The summed E-state index contributed by atoms with van der Waals surface area (Å²) in [6, 6.07) is 14.4. The van der Waals surface area contributed by atoms with Crippen molar-refractivity contribution >= 4 is 29.2 Å². The fraction of sp³-hybridized carbons (Fsp3) is 0.318. The average molecular weight is 406 g/mol. The van der Waals surface area contributed by atoms with Crippen molar-refractivity contribution in [1.82, 2.24) is 10.6 Å². The summed E-state index contributed by atoms with van der Waals surface area (Å²) in [4.78, 5) is 42.3. The summed E-state index contributed by atoms with van der Waals surface area (Å²) in [6.07, 6.45) is 0.256. The third kappa shape index (κ3) is 2.63. The van der Waals surface area contributed by atoms with Crippen molar-refractivity contribution in [3.05, 3.63) is 54.1 Å². The van der Waals surface area contributed by atoms with Crippen LogP contribution in [0.3, 0.4) is 0 Å². The van der Waals surface area contributed by atoms with Crippen molar-refractivity contribution in [2.45, 2.75) is 12.5 Å². The summed E-state index contributed by atoms with van der Waals surface area (Å²) < 4.78 is 5.25. The Morgan fingerprint density at radius 2 is 1.67 bits per heavy atom. The fourth-order valence-corrected chi connectivity index (χ4v) is 4.91. The summed E-state index contributed by atoms with van der Waals surface area (Å²) >= 11 is 0. The molecule has 2 aromatic carbocycles. The largest absolute Gasteiger partial charge is 0.497 e. The van der Waals surface area contributed by atoms with E-state index in [1.807, 2.05) is 48.5 Å². The van der Waals surface area contributed by atoms with Gasteiger partial charge in [-0.15, -0.1) is 0 Å². The number of anilines is 2. The van der Waals surface area contributed by atoms with E-state index >= 15 is 0 Å². The van der Waals surface area contributed by atoms with Gasteiger partial charge in [0.05, 0.1) is 13.2 Å². The Kier molecular flexibility index (Phi) is 4.16. The van der Waals surface area contributed by atoms with E-state index in [0.29, 0.717) is 13.1 Å². The van der Waals surface area contributed by atoms with Crippen molar-refractivity contribution in [3.8, 4) is 5.75 Å². The Hall–Kier alpha value is -3.55. The second-order valence-corrected chi connectivity index (χ2v) is 7.87. The Morgan fingerprint density at radius 3 is 2.37 bits per heavy atom. The number of barbiturate groups is 1. The molecular formula is C22H22N4O4. The molecule has 1 unspecified atom stereocenters. The second-order valence-electron chi connectivity index (χ2n) is 7.87. The molecule has 2 N–H and O–H groups in total. The quantitative estimate of drug-likeness (QED) is 0.731. The van der Waals surface area contributed by atoms with E-state index in [9.17, 15) is 14.4 Å². The Bertz CT molecular complexity index is 1020. The highest BCUT2D eigenvalue weighted by molar-refractivity contribution is 6.20. The van der Waals surface area contributed by atoms with Crippen molar-refractivity contribution in [2.24, 2.45) is 5.41 Å². The number of amides is 4. The Labute approximate surface area is 173 Å².